The van der Waals surface area contributed by atoms with Gasteiger partial charge in [-0.25, -0.2) is 8.42 Å². The van der Waals surface area contributed by atoms with Gasteiger partial charge in [-0.1, -0.05) is 32.0 Å². The number of benzene rings is 1. The standard InChI is InChI=1S/C16H24NO2S/c1-13(2)15-5-3-4-14-12-17(7-6-16(14)15)8-10-20(18,19)11-9-17/h3-5,13H,6-12H2,1-2H3/q+1. The van der Waals surface area contributed by atoms with Gasteiger partial charge < -0.3 is 4.48 Å². The molecule has 0 amide bonds. The van der Waals surface area contributed by atoms with E-state index < -0.39 is 9.84 Å². The number of hydrogen-bond donors (Lipinski definition) is 0. The van der Waals surface area contributed by atoms with Crippen molar-refractivity contribution in [2.45, 2.75) is 32.7 Å². The molecule has 20 heavy (non-hydrogen) atoms. The third kappa shape index (κ3) is 2.51. The number of rotatable bonds is 1. The Bertz CT molecular complexity index is 605. The molecule has 0 radical (unpaired) electrons. The highest BCUT2D eigenvalue weighted by atomic mass is 32.2. The Labute approximate surface area is 122 Å². The number of sulfone groups is 1. The molecular formula is C16H24NO2S+. The predicted octanol–water partition coefficient (Wildman–Crippen LogP) is 2.11. The fourth-order valence-corrected chi connectivity index (χ4v) is 5.23. The van der Waals surface area contributed by atoms with Crippen LogP contribution in [0.15, 0.2) is 18.2 Å². The first-order valence-electron chi connectivity index (χ1n) is 7.57. The topological polar surface area (TPSA) is 34.1 Å². The second-order valence-corrected chi connectivity index (χ2v) is 9.02. The van der Waals surface area contributed by atoms with Crippen molar-refractivity contribution in [3.8, 4) is 0 Å². The summed E-state index contributed by atoms with van der Waals surface area (Å²) >= 11 is 0. The van der Waals surface area contributed by atoms with Crippen LogP contribution in [0.5, 0.6) is 0 Å². The first-order valence-corrected chi connectivity index (χ1v) is 9.39. The van der Waals surface area contributed by atoms with Gasteiger partial charge in [0.05, 0.1) is 31.1 Å². The van der Waals surface area contributed by atoms with Crippen LogP contribution >= 0.6 is 0 Å². The van der Waals surface area contributed by atoms with Gasteiger partial charge in [0, 0.05) is 12.0 Å². The van der Waals surface area contributed by atoms with Crippen molar-refractivity contribution >= 4 is 9.84 Å². The smallest absolute Gasteiger partial charge is 0.161 e. The molecule has 2 aliphatic heterocycles. The first kappa shape index (κ1) is 14.1. The lowest BCUT2D eigenvalue weighted by Crippen LogP contribution is -2.58. The zero-order chi connectivity index (χ0) is 14.4. The van der Waals surface area contributed by atoms with E-state index in [1.165, 1.54) is 16.7 Å². The minimum atomic E-state index is -2.77. The number of fused-ring (bicyclic) bond motifs is 1. The summed E-state index contributed by atoms with van der Waals surface area (Å²) in [6.45, 7) is 8.23. The molecule has 0 aliphatic carbocycles. The van der Waals surface area contributed by atoms with E-state index in [2.05, 4.69) is 32.0 Å². The molecule has 0 atom stereocenters. The van der Waals surface area contributed by atoms with E-state index in [9.17, 15) is 8.42 Å². The van der Waals surface area contributed by atoms with E-state index in [4.69, 9.17) is 0 Å². The van der Waals surface area contributed by atoms with Crippen molar-refractivity contribution in [2.24, 2.45) is 0 Å². The maximum absolute atomic E-state index is 11.7. The van der Waals surface area contributed by atoms with Gasteiger partial charge in [0.1, 0.15) is 6.54 Å². The molecule has 0 N–H and O–H groups in total. The maximum atomic E-state index is 11.7. The molecule has 3 nitrogen and oxygen atoms in total. The van der Waals surface area contributed by atoms with Gasteiger partial charge in [-0.2, -0.15) is 0 Å². The minimum absolute atomic E-state index is 0.367. The van der Waals surface area contributed by atoms with Crippen LogP contribution in [-0.2, 0) is 22.8 Å². The summed E-state index contributed by atoms with van der Waals surface area (Å²) in [6, 6.07) is 6.65. The zero-order valence-corrected chi connectivity index (χ0v) is 13.2. The SMILES string of the molecule is CC(C)c1cccc2c1CC[N+]1(CCS(=O)(=O)CC1)C2. The van der Waals surface area contributed by atoms with Crippen molar-refractivity contribution in [1.29, 1.82) is 0 Å². The number of hydrogen-bond acceptors (Lipinski definition) is 2. The van der Waals surface area contributed by atoms with Gasteiger partial charge in [-0.3, -0.25) is 0 Å². The van der Waals surface area contributed by atoms with E-state index in [1.54, 1.807) is 0 Å². The van der Waals surface area contributed by atoms with Gasteiger partial charge in [0.15, 0.2) is 9.84 Å². The van der Waals surface area contributed by atoms with Gasteiger partial charge in [0.2, 0.25) is 0 Å². The Hall–Kier alpha value is -0.870. The third-order valence-corrected chi connectivity index (χ3v) is 6.64. The lowest BCUT2D eigenvalue weighted by Gasteiger charge is -2.44. The zero-order valence-electron chi connectivity index (χ0n) is 12.4. The summed E-state index contributed by atoms with van der Waals surface area (Å²) in [7, 11) is -2.77. The molecule has 1 aromatic carbocycles. The largest absolute Gasteiger partial charge is 0.318 e. The summed E-state index contributed by atoms with van der Waals surface area (Å²) < 4.78 is 24.3. The molecular weight excluding hydrogens is 270 g/mol. The van der Waals surface area contributed by atoms with Crippen molar-refractivity contribution in [2.75, 3.05) is 31.1 Å². The first-order chi connectivity index (χ1) is 9.41. The van der Waals surface area contributed by atoms with Crippen LogP contribution in [0, 0.1) is 0 Å². The normalized spacial score (nSPS) is 23.8. The van der Waals surface area contributed by atoms with Crippen molar-refractivity contribution in [1.82, 2.24) is 0 Å². The lowest BCUT2D eigenvalue weighted by molar-refractivity contribution is -0.939. The van der Waals surface area contributed by atoms with Crippen molar-refractivity contribution in [3.05, 3.63) is 34.9 Å². The fraction of sp³-hybridized carbons (Fsp3) is 0.625. The van der Waals surface area contributed by atoms with E-state index in [0.717, 1.165) is 37.1 Å². The molecule has 2 aliphatic rings. The van der Waals surface area contributed by atoms with Crippen LogP contribution in [0.1, 0.15) is 36.5 Å². The second kappa shape index (κ2) is 4.85. The average Bonchev–Trinajstić information content (AvgIpc) is 2.42. The molecule has 4 heteroatoms. The fourth-order valence-electron chi connectivity index (χ4n) is 3.70. The van der Waals surface area contributed by atoms with Crippen LogP contribution in [0.25, 0.3) is 0 Å². The van der Waals surface area contributed by atoms with Crippen LogP contribution < -0.4 is 0 Å². The van der Waals surface area contributed by atoms with Gasteiger partial charge in [-0.05, 0) is 17.0 Å². The summed E-state index contributed by atoms with van der Waals surface area (Å²) in [5.74, 6) is 1.30. The van der Waals surface area contributed by atoms with E-state index in [0.29, 0.717) is 17.4 Å². The van der Waals surface area contributed by atoms with E-state index >= 15 is 0 Å². The van der Waals surface area contributed by atoms with Crippen molar-refractivity contribution < 1.29 is 12.9 Å². The second-order valence-electron chi connectivity index (χ2n) is 6.71. The van der Waals surface area contributed by atoms with Crippen LogP contribution in [0.2, 0.25) is 0 Å². The molecule has 0 bridgehead atoms. The molecule has 110 valence electrons. The summed E-state index contributed by atoms with van der Waals surface area (Å²) in [5, 5.41) is 0. The Kier molecular flexibility index (Phi) is 3.41. The summed E-state index contributed by atoms with van der Waals surface area (Å²) in [5.41, 5.74) is 4.45. The monoisotopic (exact) mass is 294 g/mol. The molecule has 0 saturated carbocycles. The highest BCUT2D eigenvalue weighted by Gasteiger charge is 2.39. The lowest BCUT2D eigenvalue weighted by atomic mass is 9.88. The highest BCUT2D eigenvalue weighted by Crippen LogP contribution is 2.32. The van der Waals surface area contributed by atoms with Crippen molar-refractivity contribution in [3.63, 3.8) is 0 Å². The van der Waals surface area contributed by atoms with E-state index in [1.807, 2.05) is 0 Å². The number of quaternary nitrogens is 1. The van der Waals surface area contributed by atoms with Gasteiger partial charge in [0.25, 0.3) is 0 Å². The molecule has 0 unspecified atom stereocenters. The number of nitrogens with zero attached hydrogens (tertiary/aromatic N) is 1. The molecule has 3 rings (SSSR count). The Balaban J connectivity index is 1.88. The Morgan fingerprint density at radius 1 is 1.10 bits per heavy atom. The molecule has 1 fully saturated rings. The Morgan fingerprint density at radius 2 is 1.80 bits per heavy atom. The van der Waals surface area contributed by atoms with Crippen LogP contribution in [0.3, 0.4) is 0 Å². The van der Waals surface area contributed by atoms with E-state index in [-0.39, 0.29) is 0 Å². The summed E-state index contributed by atoms with van der Waals surface area (Å²) in [4.78, 5) is 0. The Morgan fingerprint density at radius 3 is 2.45 bits per heavy atom. The molecule has 1 aromatic rings. The summed E-state index contributed by atoms with van der Waals surface area (Å²) in [6.07, 6.45) is 1.10. The predicted molar refractivity (Wildman–Crippen MR) is 81.5 cm³/mol. The molecule has 1 saturated heterocycles. The molecule has 2 heterocycles. The molecule has 0 aromatic heterocycles. The maximum Gasteiger partial charge on any atom is 0.161 e. The minimum Gasteiger partial charge on any atom is -0.318 e. The van der Waals surface area contributed by atoms with Gasteiger partial charge in [-0.15, -0.1) is 0 Å². The third-order valence-electron chi connectivity index (χ3n) is 5.03. The highest BCUT2D eigenvalue weighted by molar-refractivity contribution is 7.91. The quantitative estimate of drug-likeness (QED) is 0.744. The van der Waals surface area contributed by atoms with Crippen LogP contribution in [0.4, 0.5) is 0 Å². The average molecular weight is 294 g/mol. The van der Waals surface area contributed by atoms with Gasteiger partial charge >= 0.3 is 0 Å². The molecule has 1 spiro atoms. The van der Waals surface area contributed by atoms with Crippen LogP contribution in [-0.4, -0.2) is 44.0 Å².